The fraction of sp³-hybridized carbons (Fsp3) is 0.200. The molecule has 0 aliphatic rings. The fourth-order valence-electron chi connectivity index (χ4n) is 1.03. The highest BCUT2D eigenvalue weighted by Gasteiger charge is 2.30. The maximum absolute atomic E-state index is 12.3. The third-order valence-electron chi connectivity index (χ3n) is 1.73. The molecule has 1 rings (SSSR count). The van der Waals surface area contributed by atoms with E-state index in [0.717, 1.165) is 12.1 Å². The molecule has 0 bridgehead atoms. The summed E-state index contributed by atoms with van der Waals surface area (Å²) in [5.41, 5.74) is -0.523. The van der Waals surface area contributed by atoms with Gasteiger partial charge in [0.25, 0.3) is 0 Å². The number of halogens is 4. The Labute approximate surface area is 89.8 Å². The van der Waals surface area contributed by atoms with Crippen LogP contribution in [0.5, 0.6) is 0 Å². The first-order valence-corrected chi connectivity index (χ1v) is 4.47. The van der Waals surface area contributed by atoms with Gasteiger partial charge in [-0.1, -0.05) is 23.8 Å². The number of aliphatic hydroxyl groups excluding tert-OH is 1. The monoisotopic (exact) mass is 236 g/mol. The lowest BCUT2D eigenvalue weighted by Crippen LogP contribution is -2.04. The van der Waals surface area contributed by atoms with Gasteiger partial charge in [-0.15, -0.1) is 0 Å². The average Bonchev–Trinajstić information content (AvgIpc) is 2.15. The van der Waals surface area contributed by atoms with Crippen molar-refractivity contribution in [3.05, 3.63) is 40.4 Å². The van der Waals surface area contributed by atoms with Gasteiger partial charge < -0.3 is 5.11 Å². The van der Waals surface area contributed by atoms with Crippen LogP contribution in [0.4, 0.5) is 13.2 Å². The zero-order valence-electron chi connectivity index (χ0n) is 7.55. The van der Waals surface area contributed by atoms with Crippen LogP contribution in [0.3, 0.4) is 0 Å². The molecule has 0 saturated carbocycles. The minimum absolute atomic E-state index is 0.215. The molecule has 0 saturated heterocycles. The largest absolute Gasteiger partial charge is 0.416 e. The summed E-state index contributed by atoms with van der Waals surface area (Å²) < 4.78 is 36.9. The summed E-state index contributed by atoms with van der Waals surface area (Å²) >= 11 is 5.68. The quantitative estimate of drug-likeness (QED) is 0.835. The van der Waals surface area contributed by atoms with E-state index in [1.54, 1.807) is 0 Å². The molecule has 1 nitrogen and oxygen atoms in total. The summed E-state index contributed by atoms with van der Waals surface area (Å²) in [6.45, 7) is -0.243. The zero-order valence-corrected chi connectivity index (χ0v) is 8.31. The Bertz CT molecular complexity index is 371. The van der Waals surface area contributed by atoms with E-state index in [1.165, 1.54) is 18.2 Å². The number of rotatable bonds is 2. The first-order chi connectivity index (χ1) is 6.95. The first kappa shape index (κ1) is 12.1. The van der Waals surface area contributed by atoms with Crippen LogP contribution >= 0.6 is 11.6 Å². The van der Waals surface area contributed by atoms with Crippen LogP contribution in [-0.2, 0) is 6.18 Å². The molecule has 15 heavy (non-hydrogen) atoms. The standard InChI is InChI=1S/C10H8ClF3O/c11-9-4-3-8(10(12,13)14)6-7(9)2-1-5-15/h1-4,6,15H,5H2. The van der Waals surface area contributed by atoms with Crippen LogP contribution in [0.1, 0.15) is 11.1 Å². The third kappa shape index (κ3) is 3.25. The van der Waals surface area contributed by atoms with E-state index in [9.17, 15) is 13.2 Å². The van der Waals surface area contributed by atoms with Crippen molar-refractivity contribution in [2.24, 2.45) is 0 Å². The van der Waals surface area contributed by atoms with Gasteiger partial charge in [0.15, 0.2) is 0 Å². The average molecular weight is 237 g/mol. The second-order valence-corrected chi connectivity index (χ2v) is 3.23. The van der Waals surface area contributed by atoms with Crippen molar-refractivity contribution in [3.8, 4) is 0 Å². The molecule has 1 aromatic rings. The maximum Gasteiger partial charge on any atom is 0.416 e. The lowest BCUT2D eigenvalue weighted by molar-refractivity contribution is -0.137. The Hall–Kier alpha value is -1.00. The van der Waals surface area contributed by atoms with Gasteiger partial charge in [0.1, 0.15) is 0 Å². The van der Waals surface area contributed by atoms with Crippen LogP contribution < -0.4 is 0 Å². The van der Waals surface area contributed by atoms with Gasteiger partial charge in [-0.05, 0) is 23.8 Å². The molecule has 0 aliphatic heterocycles. The summed E-state index contributed by atoms with van der Waals surface area (Å²) in [4.78, 5) is 0. The van der Waals surface area contributed by atoms with E-state index in [0.29, 0.717) is 0 Å². The van der Waals surface area contributed by atoms with Crippen LogP contribution in [-0.4, -0.2) is 11.7 Å². The van der Waals surface area contributed by atoms with E-state index in [4.69, 9.17) is 16.7 Å². The highest BCUT2D eigenvalue weighted by molar-refractivity contribution is 6.32. The number of hydrogen-bond acceptors (Lipinski definition) is 1. The summed E-state index contributed by atoms with van der Waals surface area (Å²) in [5, 5.41) is 8.71. The van der Waals surface area contributed by atoms with E-state index < -0.39 is 11.7 Å². The Morgan fingerprint density at radius 3 is 2.53 bits per heavy atom. The van der Waals surface area contributed by atoms with Crippen molar-refractivity contribution in [1.29, 1.82) is 0 Å². The molecule has 0 amide bonds. The summed E-state index contributed by atoms with van der Waals surface area (Å²) in [6, 6.07) is 3.04. The summed E-state index contributed by atoms with van der Waals surface area (Å²) in [5.74, 6) is 0. The minimum atomic E-state index is -4.38. The Morgan fingerprint density at radius 1 is 1.33 bits per heavy atom. The molecular weight excluding hydrogens is 229 g/mol. The van der Waals surface area contributed by atoms with Crippen molar-refractivity contribution in [3.63, 3.8) is 0 Å². The molecule has 82 valence electrons. The molecule has 0 aliphatic carbocycles. The molecule has 0 fully saturated rings. The minimum Gasteiger partial charge on any atom is -0.392 e. The highest BCUT2D eigenvalue weighted by atomic mass is 35.5. The zero-order chi connectivity index (χ0) is 11.5. The van der Waals surface area contributed by atoms with E-state index in [-0.39, 0.29) is 17.2 Å². The molecule has 0 atom stereocenters. The number of hydrogen-bond donors (Lipinski definition) is 1. The molecule has 1 aromatic carbocycles. The van der Waals surface area contributed by atoms with Crippen molar-refractivity contribution in [1.82, 2.24) is 0 Å². The summed E-state index contributed by atoms with van der Waals surface area (Å²) in [6.07, 6.45) is -1.72. The Kier molecular flexibility index (Phi) is 3.77. The molecule has 0 heterocycles. The Morgan fingerprint density at radius 2 is 2.00 bits per heavy atom. The number of aliphatic hydroxyl groups is 1. The first-order valence-electron chi connectivity index (χ1n) is 4.09. The molecular formula is C10H8ClF3O. The van der Waals surface area contributed by atoms with Gasteiger partial charge >= 0.3 is 6.18 Å². The SMILES string of the molecule is OCC=Cc1cc(C(F)(F)F)ccc1Cl. The number of alkyl halides is 3. The number of benzene rings is 1. The smallest absolute Gasteiger partial charge is 0.392 e. The van der Waals surface area contributed by atoms with Gasteiger partial charge in [-0.25, -0.2) is 0 Å². The molecule has 0 aromatic heterocycles. The van der Waals surface area contributed by atoms with Gasteiger partial charge in [0.05, 0.1) is 12.2 Å². The fourth-order valence-corrected chi connectivity index (χ4v) is 1.21. The summed E-state index contributed by atoms with van der Waals surface area (Å²) in [7, 11) is 0. The van der Waals surface area contributed by atoms with E-state index in [1.807, 2.05) is 0 Å². The van der Waals surface area contributed by atoms with Crippen LogP contribution in [0.2, 0.25) is 5.02 Å². The third-order valence-corrected chi connectivity index (χ3v) is 2.07. The second-order valence-electron chi connectivity index (χ2n) is 2.82. The van der Waals surface area contributed by atoms with Gasteiger partial charge in [0, 0.05) is 5.02 Å². The predicted octanol–water partition coefficient (Wildman–Crippen LogP) is 3.36. The lowest BCUT2D eigenvalue weighted by atomic mass is 10.1. The van der Waals surface area contributed by atoms with Crippen molar-refractivity contribution in [2.45, 2.75) is 6.18 Å². The molecule has 0 radical (unpaired) electrons. The van der Waals surface area contributed by atoms with Crippen LogP contribution in [0.15, 0.2) is 24.3 Å². The van der Waals surface area contributed by atoms with Crippen molar-refractivity contribution >= 4 is 17.7 Å². The normalized spacial score (nSPS) is 12.3. The van der Waals surface area contributed by atoms with Gasteiger partial charge in [-0.2, -0.15) is 13.2 Å². The molecule has 5 heteroatoms. The van der Waals surface area contributed by atoms with Crippen LogP contribution in [0.25, 0.3) is 6.08 Å². The second kappa shape index (κ2) is 4.68. The highest BCUT2D eigenvalue weighted by Crippen LogP contribution is 2.32. The molecule has 0 unspecified atom stereocenters. The van der Waals surface area contributed by atoms with Gasteiger partial charge in [0.2, 0.25) is 0 Å². The predicted molar refractivity (Wildman–Crippen MR) is 52.6 cm³/mol. The molecule has 1 N–H and O–H groups in total. The maximum atomic E-state index is 12.3. The van der Waals surface area contributed by atoms with Crippen molar-refractivity contribution in [2.75, 3.05) is 6.61 Å². The topological polar surface area (TPSA) is 20.2 Å². The lowest BCUT2D eigenvalue weighted by Gasteiger charge is -2.08. The van der Waals surface area contributed by atoms with Crippen LogP contribution in [0, 0.1) is 0 Å². The molecule has 0 spiro atoms. The van der Waals surface area contributed by atoms with E-state index in [2.05, 4.69) is 0 Å². The van der Waals surface area contributed by atoms with Crippen molar-refractivity contribution < 1.29 is 18.3 Å². The van der Waals surface area contributed by atoms with E-state index >= 15 is 0 Å². The Balaban J connectivity index is 3.11. The van der Waals surface area contributed by atoms with Gasteiger partial charge in [-0.3, -0.25) is 0 Å².